The van der Waals surface area contributed by atoms with Gasteiger partial charge in [0.1, 0.15) is 5.78 Å². The molecule has 2 bridgehead atoms. The summed E-state index contributed by atoms with van der Waals surface area (Å²) in [5, 5.41) is 0. The number of fused-ring (bicyclic) bond motifs is 3. The van der Waals surface area contributed by atoms with Crippen molar-refractivity contribution in [3.8, 4) is 0 Å². The van der Waals surface area contributed by atoms with E-state index in [0.717, 1.165) is 44.9 Å². The summed E-state index contributed by atoms with van der Waals surface area (Å²) in [5.74, 6) is 1.51. The van der Waals surface area contributed by atoms with E-state index in [2.05, 4.69) is 20.8 Å². The standard InChI is InChI=1S/C21H32O3/c1-18-10-6-15-19(2)8-5-9-20(3,17(23)24-4)14(19)7-11-21(15,13-18)12-16(18)22/h14-15H,5-13H2,1-4H3/t14-,15-,18-,19?,20+,21?/m0/s1. The third-order valence-electron chi connectivity index (χ3n) is 9.01. The van der Waals surface area contributed by atoms with Gasteiger partial charge in [-0.15, -0.1) is 0 Å². The SMILES string of the molecule is COC(=O)[C@]1(C)CCCC2(C)[C@@H]3CC[C@@]4(C)CC3(CC[C@@H]21)CC4=O. The van der Waals surface area contributed by atoms with Crippen molar-refractivity contribution in [3.05, 3.63) is 0 Å². The van der Waals surface area contributed by atoms with Crippen molar-refractivity contribution in [1.82, 2.24) is 0 Å². The molecule has 0 aliphatic heterocycles. The van der Waals surface area contributed by atoms with Crippen LogP contribution in [0.4, 0.5) is 0 Å². The molecule has 4 fully saturated rings. The highest BCUT2D eigenvalue weighted by molar-refractivity contribution is 5.88. The molecule has 0 aromatic rings. The third kappa shape index (κ3) is 1.85. The van der Waals surface area contributed by atoms with E-state index < -0.39 is 0 Å². The summed E-state index contributed by atoms with van der Waals surface area (Å²) < 4.78 is 5.22. The van der Waals surface area contributed by atoms with E-state index in [0.29, 0.717) is 17.6 Å². The van der Waals surface area contributed by atoms with Gasteiger partial charge in [0.15, 0.2) is 0 Å². The van der Waals surface area contributed by atoms with Crippen LogP contribution in [0.3, 0.4) is 0 Å². The van der Waals surface area contributed by atoms with E-state index in [-0.39, 0.29) is 27.6 Å². The van der Waals surface area contributed by atoms with Crippen molar-refractivity contribution in [2.75, 3.05) is 7.11 Å². The lowest BCUT2D eigenvalue weighted by Gasteiger charge is -2.63. The fourth-order valence-electron chi connectivity index (χ4n) is 7.98. The molecule has 3 heteroatoms. The maximum atomic E-state index is 12.7. The molecule has 4 aliphatic rings. The van der Waals surface area contributed by atoms with Crippen molar-refractivity contribution in [1.29, 1.82) is 0 Å². The predicted octanol–water partition coefficient (Wildman–Crippen LogP) is 4.53. The minimum absolute atomic E-state index is 0.0162. The van der Waals surface area contributed by atoms with Gasteiger partial charge in [-0.2, -0.15) is 0 Å². The Hall–Kier alpha value is -0.860. The van der Waals surface area contributed by atoms with Gasteiger partial charge in [0, 0.05) is 11.8 Å². The second-order valence-electron chi connectivity index (χ2n) is 10.2. The second kappa shape index (κ2) is 4.86. The summed E-state index contributed by atoms with van der Waals surface area (Å²) in [4.78, 5) is 25.3. The Morgan fingerprint density at radius 2 is 1.75 bits per heavy atom. The van der Waals surface area contributed by atoms with Gasteiger partial charge in [0.25, 0.3) is 0 Å². The zero-order valence-electron chi connectivity index (χ0n) is 15.7. The molecule has 6 atom stereocenters. The number of esters is 1. The molecule has 1 spiro atoms. The number of carbonyl (C=O) groups excluding carboxylic acids is 2. The van der Waals surface area contributed by atoms with Crippen LogP contribution in [0, 0.1) is 33.5 Å². The molecule has 4 aliphatic carbocycles. The Morgan fingerprint density at radius 3 is 2.46 bits per heavy atom. The van der Waals surface area contributed by atoms with Gasteiger partial charge in [-0.1, -0.05) is 20.3 Å². The predicted molar refractivity (Wildman–Crippen MR) is 92.3 cm³/mol. The van der Waals surface area contributed by atoms with Gasteiger partial charge < -0.3 is 4.74 Å². The minimum Gasteiger partial charge on any atom is -0.469 e. The van der Waals surface area contributed by atoms with Crippen LogP contribution in [0.15, 0.2) is 0 Å². The van der Waals surface area contributed by atoms with Crippen molar-refractivity contribution in [3.63, 3.8) is 0 Å². The Morgan fingerprint density at radius 1 is 1.04 bits per heavy atom. The maximum absolute atomic E-state index is 12.7. The summed E-state index contributed by atoms with van der Waals surface area (Å²) >= 11 is 0. The molecule has 0 amide bonds. The highest BCUT2D eigenvalue weighted by Gasteiger charge is 2.68. The van der Waals surface area contributed by atoms with Crippen LogP contribution in [-0.4, -0.2) is 18.9 Å². The molecule has 3 nitrogen and oxygen atoms in total. The summed E-state index contributed by atoms with van der Waals surface area (Å²) in [5.41, 5.74) is 0.0157. The molecule has 2 unspecified atom stereocenters. The molecule has 0 N–H and O–H groups in total. The minimum atomic E-state index is -0.341. The van der Waals surface area contributed by atoms with Crippen LogP contribution in [0.1, 0.15) is 78.6 Å². The lowest BCUT2D eigenvalue weighted by atomic mass is 9.40. The molecule has 134 valence electrons. The van der Waals surface area contributed by atoms with Gasteiger partial charge in [-0.05, 0) is 74.5 Å². The highest BCUT2D eigenvalue weighted by Crippen LogP contribution is 2.73. The summed E-state index contributed by atoms with van der Waals surface area (Å²) in [6.45, 7) is 6.79. The molecule has 0 radical (unpaired) electrons. The number of hydrogen-bond acceptors (Lipinski definition) is 3. The number of rotatable bonds is 1. The van der Waals surface area contributed by atoms with Crippen LogP contribution in [0.2, 0.25) is 0 Å². The van der Waals surface area contributed by atoms with Crippen LogP contribution in [-0.2, 0) is 14.3 Å². The zero-order chi connectivity index (χ0) is 17.4. The number of Topliss-reactive ketones (excluding diaryl/α,β-unsaturated/α-hetero) is 1. The Bertz CT molecular complexity index is 598. The average molecular weight is 332 g/mol. The first-order chi connectivity index (χ1) is 11.2. The van der Waals surface area contributed by atoms with E-state index in [4.69, 9.17) is 4.74 Å². The maximum Gasteiger partial charge on any atom is 0.311 e. The van der Waals surface area contributed by atoms with Gasteiger partial charge in [-0.3, -0.25) is 9.59 Å². The van der Waals surface area contributed by atoms with Crippen molar-refractivity contribution in [2.45, 2.75) is 78.6 Å². The molecule has 0 saturated heterocycles. The van der Waals surface area contributed by atoms with Crippen LogP contribution >= 0.6 is 0 Å². The molecule has 4 rings (SSSR count). The van der Waals surface area contributed by atoms with Crippen LogP contribution in [0.5, 0.6) is 0 Å². The second-order valence-corrected chi connectivity index (χ2v) is 10.2. The van der Waals surface area contributed by atoms with E-state index in [1.54, 1.807) is 0 Å². The molecule has 0 heterocycles. The van der Waals surface area contributed by atoms with E-state index in [9.17, 15) is 9.59 Å². The number of ketones is 1. The molecular weight excluding hydrogens is 300 g/mol. The third-order valence-corrected chi connectivity index (χ3v) is 9.01. The van der Waals surface area contributed by atoms with Crippen molar-refractivity contribution in [2.24, 2.45) is 33.5 Å². The topological polar surface area (TPSA) is 43.4 Å². The fourth-order valence-corrected chi connectivity index (χ4v) is 7.98. The number of carbonyl (C=O) groups is 2. The Kier molecular flexibility index (Phi) is 3.36. The quantitative estimate of drug-likeness (QED) is 0.663. The van der Waals surface area contributed by atoms with E-state index in [1.165, 1.54) is 20.0 Å². The molecular formula is C21H32O3. The Balaban J connectivity index is 1.74. The smallest absolute Gasteiger partial charge is 0.311 e. The lowest BCUT2D eigenvalue weighted by molar-refractivity contribution is -0.185. The van der Waals surface area contributed by atoms with Crippen LogP contribution < -0.4 is 0 Å². The van der Waals surface area contributed by atoms with Gasteiger partial charge >= 0.3 is 5.97 Å². The van der Waals surface area contributed by atoms with E-state index >= 15 is 0 Å². The van der Waals surface area contributed by atoms with Crippen molar-refractivity contribution >= 4 is 11.8 Å². The largest absolute Gasteiger partial charge is 0.469 e. The van der Waals surface area contributed by atoms with Gasteiger partial charge in [0.2, 0.25) is 0 Å². The molecule has 0 aromatic heterocycles. The average Bonchev–Trinajstić information content (AvgIpc) is 2.70. The zero-order valence-corrected chi connectivity index (χ0v) is 15.7. The molecule has 0 aromatic carbocycles. The normalized spacial score (nSPS) is 53.2. The van der Waals surface area contributed by atoms with E-state index in [1.807, 2.05) is 0 Å². The number of ether oxygens (including phenoxy) is 1. The van der Waals surface area contributed by atoms with Gasteiger partial charge in [-0.25, -0.2) is 0 Å². The molecule has 4 saturated carbocycles. The highest BCUT2D eigenvalue weighted by atomic mass is 16.5. The van der Waals surface area contributed by atoms with Crippen molar-refractivity contribution < 1.29 is 14.3 Å². The fraction of sp³-hybridized carbons (Fsp3) is 0.905. The first kappa shape index (κ1) is 16.6. The summed E-state index contributed by atoms with van der Waals surface area (Å²) in [6, 6.07) is 0. The summed E-state index contributed by atoms with van der Waals surface area (Å²) in [6.07, 6.45) is 9.61. The number of hydrogen-bond donors (Lipinski definition) is 0. The molecule has 24 heavy (non-hydrogen) atoms. The number of methoxy groups -OCH3 is 1. The monoisotopic (exact) mass is 332 g/mol. The first-order valence-electron chi connectivity index (χ1n) is 9.82. The van der Waals surface area contributed by atoms with Gasteiger partial charge in [0.05, 0.1) is 12.5 Å². The lowest BCUT2D eigenvalue weighted by Crippen LogP contribution is -2.58. The Labute approximate surface area is 145 Å². The summed E-state index contributed by atoms with van der Waals surface area (Å²) in [7, 11) is 1.53. The first-order valence-corrected chi connectivity index (χ1v) is 9.82. The van der Waals surface area contributed by atoms with Crippen LogP contribution in [0.25, 0.3) is 0 Å².